The number of ether oxygens (including phenoxy) is 1. The minimum Gasteiger partial charge on any atom is -0.465 e. The lowest BCUT2D eigenvalue weighted by atomic mass is 10.0. The Bertz CT molecular complexity index is 1070. The zero-order valence-corrected chi connectivity index (χ0v) is 16.4. The molecule has 4 rings (SSSR count). The number of para-hydroxylation sites is 1. The van der Waals surface area contributed by atoms with Crippen LogP contribution in [0.3, 0.4) is 0 Å². The van der Waals surface area contributed by atoms with E-state index in [4.69, 9.17) is 10.5 Å². The van der Waals surface area contributed by atoms with E-state index in [1.54, 1.807) is 12.1 Å². The van der Waals surface area contributed by atoms with Gasteiger partial charge in [-0.25, -0.2) is 9.78 Å². The van der Waals surface area contributed by atoms with Gasteiger partial charge in [-0.05, 0) is 31.2 Å². The molecule has 0 spiro atoms. The minimum atomic E-state index is -0.427. The number of carbonyl (C=O) groups is 2. The molecule has 1 aliphatic rings. The van der Waals surface area contributed by atoms with Gasteiger partial charge in [0.15, 0.2) is 0 Å². The third kappa shape index (κ3) is 3.24. The lowest BCUT2D eigenvalue weighted by molar-refractivity contribution is 0.0600. The molecular formula is C22H22N4O3. The molecule has 0 aliphatic carbocycles. The van der Waals surface area contributed by atoms with Crippen LogP contribution in [0.1, 0.15) is 37.7 Å². The van der Waals surface area contributed by atoms with Crippen LogP contribution in [0.4, 0.5) is 5.82 Å². The van der Waals surface area contributed by atoms with Crippen LogP contribution in [-0.2, 0) is 17.7 Å². The van der Waals surface area contributed by atoms with Crippen LogP contribution in [0.2, 0.25) is 0 Å². The molecule has 1 amide bonds. The molecule has 1 aromatic carbocycles. The van der Waals surface area contributed by atoms with Gasteiger partial charge in [-0.3, -0.25) is 4.79 Å². The van der Waals surface area contributed by atoms with Gasteiger partial charge in [-0.2, -0.15) is 0 Å². The maximum absolute atomic E-state index is 12.3. The summed E-state index contributed by atoms with van der Waals surface area (Å²) < 4.78 is 6.85. The van der Waals surface area contributed by atoms with Crippen molar-refractivity contribution in [1.82, 2.24) is 9.55 Å². The summed E-state index contributed by atoms with van der Waals surface area (Å²) in [5, 5.41) is 0. The molecule has 0 saturated carbocycles. The maximum Gasteiger partial charge on any atom is 0.339 e. The normalized spacial score (nSPS) is 13.1. The van der Waals surface area contributed by atoms with Crippen molar-refractivity contribution in [2.24, 2.45) is 5.73 Å². The number of hydrogen-bond acceptors (Lipinski definition) is 5. The van der Waals surface area contributed by atoms with E-state index < -0.39 is 11.9 Å². The first-order valence-electron chi connectivity index (χ1n) is 9.39. The summed E-state index contributed by atoms with van der Waals surface area (Å²) >= 11 is 0. The fourth-order valence-corrected chi connectivity index (χ4v) is 4.02. The fraction of sp³-hybridized carbons (Fsp3) is 0.227. The van der Waals surface area contributed by atoms with Crippen LogP contribution in [0.15, 0.2) is 48.7 Å². The number of aromatic nitrogens is 2. The summed E-state index contributed by atoms with van der Waals surface area (Å²) in [4.78, 5) is 30.4. The maximum atomic E-state index is 12.3. The van der Waals surface area contributed by atoms with Gasteiger partial charge < -0.3 is 19.9 Å². The van der Waals surface area contributed by atoms with Crippen molar-refractivity contribution in [1.29, 1.82) is 0 Å². The lowest BCUT2D eigenvalue weighted by Crippen LogP contribution is -2.32. The third-order valence-corrected chi connectivity index (χ3v) is 5.34. The van der Waals surface area contributed by atoms with Gasteiger partial charge in [0.1, 0.15) is 5.82 Å². The van der Waals surface area contributed by atoms with E-state index in [1.165, 1.54) is 13.3 Å². The largest absolute Gasteiger partial charge is 0.465 e. The van der Waals surface area contributed by atoms with E-state index in [0.717, 1.165) is 41.4 Å². The smallest absolute Gasteiger partial charge is 0.339 e. The molecule has 0 unspecified atom stereocenters. The van der Waals surface area contributed by atoms with E-state index in [1.807, 2.05) is 37.3 Å². The number of carbonyl (C=O) groups excluding carboxylic acids is 2. The molecule has 1 aliphatic heterocycles. The van der Waals surface area contributed by atoms with Crippen molar-refractivity contribution >= 4 is 17.7 Å². The molecule has 3 heterocycles. The number of pyridine rings is 1. The number of methoxy groups -OCH3 is 1. The topological polar surface area (TPSA) is 90.5 Å². The first-order valence-corrected chi connectivity index (χ1v) is 9.39. The molecule has 148 valence electrons. The number of anilines is 1. The zero-order chi connectivity index (χ0) is 20.5. The van der Waals surface area contributed by atoms with Gasteiger partial charge in [0.2, 0.25) is 0 Å². The van der Waals surface area contributed by atoms with Gasteiger partial charge in [-0.1, -0.05) is 18.2 Å². The molecular weight excluding hydrogens is 368 g/mol. The van der Waals surface area contributed by atoms with Crippen LogP contribution >= 0.6 is 0 Å². The molecule has 7 nitrogen and oxygen atoms in total. The minimum absolute atomic E-state index is 0.401. The van der Waals surface area contributed by atoms with Gasteiger partial charge in [-0.15, -0.1) is 0 Å². The molecule has 3 aromatic rings. The summed E-state index contributed by atoms with van der Waals surface area (Å²) in [5.74, 6) is -0.107. The molecule has 0 saturated heterocycles. The highest BCUT2D eigenvalue weighted by molar-refractivity contribution is 5.96. The van der Waals surface area contributed by atoms with E-state index in [0.29, 0.717) is 17.7 Å². The third-order valence-electron chi connectivity index (χ3n) is 5.34. The quantitative estimate of drug-likeness (QED) is 0.692. The predicted octanol–water partition coefficient (Wildman–Crippen LogP) is 2.63. The van der Waals surface area contributed by atoms with Crippen molar-refractivity contribution in [3.05, 3.63) is 76.7 Å². The number of nitrogens with zero attached hydrogens (tertiary/aromatic N) is 3. The average Bonchev–Trinajstić information content (AvgIpc) is 3.05. The van der Waals surface area contributed by atoms with Crippen molar-refractivity contribution in [3.8, 4) is 5.69 Å². The highest BCUT2D eigenvalue weighted by Gasteiger charge is 2.29. The second-order valence-electron chi connectivity index (χ2n) is 6.99. The second-order valence-corrected chi connectivity index (χ2v) is 6.99. The van der Waals surface area contributed by atoms with Gasteiger partial charge >= 0.3 is 5.97 Å². The molecule has 0 fully saturated rings. The number of esters is 1. The number of hydrogen-bond donors (Lipinski definition) is 1. The number of fused-ring (bicyclic) bond motifs is 1. The van der Waals surface area contributed by atoms with Gasteiger partial charge in [0, 0.05) is 48.3 Å². The Hall–Kier alpha value is -3.61. The summed E-state index contributed by atoms with van der Waals surface area (Å²) in [5.41, 5.74) is 10.6. The average molecular weight is 390 g/mol. The summed E-state index contributed by atoms with van der Waals surface area (Å²) in [6, 6.07) is 13.5. The SMILES string of the molecule is COC(=O)c1ccc(N2CCc3c(c(C(N)=O)c(C)n3-c3ccccc3)C2)nc1. The lowest BCUT2D eigenvalue weighted by Gasteiger charge is -2.29. The number of primary amides is 1. The Labute approximate surface area is 168 Å². The number of amides is 1. The Morgan fingerprint density at radius 2 is 1.90 bits per heavy atom. The van der Waals surface area contributed by atoms with Crippen LogP contribution < -0.4 is 10.6 Å². The van der Waals surface area contributed by atoms with Crippen LogP contribution in [-0.4, -0.2) is 35.1 Å². The molecule has 29 heavy (non-hydrogen) atoms. The summed E-state index contributed by atoms with van der Waals surface area (Å²) in [6.07, 6.45) is 2.25. The Morgan fingerprint density at radius 3 is 2.52 bits per heavy atom. The number of rotatable bonds is 4. The predicted molar refractivity (Wildman–Crippen MR) is 109 cm³/mol. The Morgan fingerprint density at radius 1 is 1.14 bits per heavy atom. The monoisotopic (exact) mass is 390 g/mol. The van der Waals surface area contributed by atoms with E-state index in [2.05, 4.69) is 14.5 Å². The number of nitrogens with two attached hydrogens (primary N) is 1. The van der Waals surface area contributed by atoms with Crippen LogP contribution in [0, 0.1) is 6.92 Å². The molecule has 2 aromatic heterocycles. The molecule has 2 N–H and O–H groups in total. The highest BCUT2D eigenvalue weighted by atomic mass is 16.5. The van der Waals surface area contributed by atoms with Crippen LogP contribution in [0.25, 0.3) is 5.69 Å². The van der Waals surface area contributed by atoms with E-state index in [-0.39, 0.29) is 0 Å². The molecule has 0 atom stereocenters. The summed E-state index contributed by atoms with van der Waals surface area (Å²) in [6.45, 7) is 3.20. The first-order chi connectivity index (χ1) is 14.0. The van der Waals surface area contributed by atoms with E-state index >= 15 is 0 Å². The van der Waals surface area contributed by atoms with Crippen molar-refractivity contribution in [2.75, 3.05) is 18.6 Å². The Balaban J connectivity index is 1.72. The fourth-order valence-electron chi connectivity index (χ4n) is 4.02. The number of benzene rings is 1. The first kappa shape index (κ1) is 18.7. The van der Waals surface area contributed by atoms with Gasteiger partial charge in [0.05, 0.1) is 18.2 Å². The van der Waals surface area contributed by atoms with Gasteiger partial charge in [0.25, 0.3) is 5.91 Å². The molecule has 0 radical (unpaired) electrons. The Kier molecular flexibility index (Phi) is 4.80. The second kappa shape index (κ2) is 7.43. The standard InChI is InChI=1S/C22H22N4O3/c1-14-20(21(23)27)17-13-25(19-9-8-15(12-24-19)22(28)29-2)11-10-18(17)26(14)16-6-4-3-5-7-16/h3-9,12H,10-11,13H2,1-2H3,(H2,23,27). The zero-order valence-electron chi connectivity index (χ0n) is 16.4. The van der Waals surface area contributed by atoms with Crippen LogP contribution in [0.5, 0.6) is 0 Å². The molecule has 0 bridgehead atoms. The van der Waals surface area contributed by atoms with Crippen molar-refractivity contribution in [3.63, 3.8) is 0 Å². The van der Waals surface area contributed by atoms with Crippen molar-refractivity contribution < 1.29 is 14.3 Å². The summed E-state index contributed by atoms with van der Waals surface area (Å²) in [7, 11) is 1.34. The molecule has 7 heteroatoms. The highest BCUT2D eigenvalue weighted by Crippen LogP contribution is 2.32. The van der Waals surface area contributed by atoms with E-state index in [9.17, 15) is 9.59 Å². The van der Waals surface area contributed by atoms with Crippen molar-refractivity contribution in [2.45, 2.75) is 19.9 Å².